The van der Waals surface area contributed by atoms with Crippen LogP contribution < -0.4 is 15.4 Å². The Labute approximate surface area is 170 Å². The van der Waals surface area contributed by atoms with Crippen LogP contribution in [0.25, 0.3) is 0 Å². The molecule has 0 aromatic heterocycles. The summed E-state index contributed by atoms with van der Waals surface area (Å²) in [6.07, 6.45) is 2.17. The van der Waals surface area contributed by atoms with E-state index in [1.807, 2.05) is 66.7 Å². The second kappa shape index (κ2) is 10.4. The second-order valence-electron chi connectivity index (χ2n) is 6.22. The van der Waals surface area contributed by atoms with Gasteiger partial charge >= 0.3 is 6.03 Å². The number of carbonyl (C=O) groups is 1. The number of para-hydroxylation sites is 1. The predicted molar refractivity (Wildman–Crippen MR) is 115 cm³/mol. The first-order chi connectivity index (χ1) is 13.7. The second-order valence-corrected chi connectivity index (χ2v) is 7.34. The lowest BCUT2D eigenvalue weighted by atomic mass is 10.1. The Bertz CT molecular complexity index is 883. The first kappa shape index (κ1) is 19.8. The fourth-order valence-corrected chi connectivity index (χ4v) is 3.59. The van der Waals surface area contributed by atoms with E-state index in [-0.39, 0.29) is 12.8 Å². The van der Waals surface area contributed by atoms with Crippen molar-refractivity contribution < 1.29 is 9.53 Å². The highest BCUT2D eigenvalue weighted by Gasteiger charge is 2.07. The highest BCUT2D eigenvalue weighted by Crippen LogP contribution is 2.33. The van der Waals surface area contributed by atoms with E-state index in [2.05, 4.69) is 29.7 Å². The fourth-order valence-electron chi connectivity index (χ4n) is 2.67. The number of anilines is 1. The van der Waals surface area contributed by atoms with Gasteiger partial charge in [-0.15, -0.1) is 0 Å². The number of nitrogens with one attached hydrogen (secondary N) is 2. The van der Waals surface area contributed by atoms with Crippen LogP contribution in [0.3, 0.4) is 0 Å². The lowest BCUT2D eigenvalue weighted by Crippen LogP contribution is -2.32. The van der Waals surface area contributed by atoms with Gasteiger partial charge in [0, 0.05) is 9.79 Å². The molecular weight excluding hydrogens is 368 g/mol. The highest BCUT2D eigenvalue weighted by atomic mass is 32.2. The summed E-state index contributed by atoms with van der Waals surface area (Å²) in [6.45, 7) is 2.26. The maximum absolute atomic E-state index is 12.2. The zero-order chi connectivity index (χ0) is 19.6. The molecule has 3 aromatic carbocycles. The topological polar surface area (TPSA) is 50.4 Å². The summed E-state index contributed by atoms with van der Waals surface area (Å²) >= 11 is 1.61. The van der Waals surface area contributed by atoms with Gasteiger partial charge in [-0.2, -0.15) is 0 Å². The van der Waals surface area contributed by atoms with Crippen molar-refractivity contribution in [1.29, 1.82) is 0 Å². The summed E-state index contributed by atoms with van der Waals surface area (Å²) in [4.78, 5) is 14.3. The van der Waals surface area contributed by atoms with Gasteiger partial charge < -0.3 is 15.4 Å². The summed E-state index contributed by atoms with van der Waals surface area (Å²) in [5, 5.41) is 5.62. The van der Waals surface area contributed by atoms with Crippen LogP contribution in [0.4, 0.5) is 10.5 Å². The van der Waals surface area contributed by atoms with Crippen molar-refractivity contribution >= 4 is 23.5 Å². The molecular formula is C23H24N2O2S. The Hall–Kier alpha value is -2.92. The number of rotatable bonds is 8. The largest absolute Gasteiger partial charge is 0.473 e. The molecule has 0 unspecified atom stereocenters. The molecule has 0 heterocycles. The van der Waals surface area contributed by atoms with E-state index in [9.17, 15) is 4.79 Å². The number of amides is 2. The van der Waals surface area contributed by atoms with Gasteiger partial charge in [0.25, 0.3) is 0 Å². The summed E-state index contributed by atoms with van der Waals surface area (Å²) in [5.41, 5.74) is 2.05. The third-order valence-corrected chi connectivity index (χ3v) is 5.12. The summed E-state index contributed by atoms with van der Waals surface area (Å²) < 4.78 is 5.60. The molecule has 0 aliphatic heterocycles. The van der Waals surface area contributed by atoms with Crippen LogP contribution in [0.2, 0.25) is 0 Å². The molecule has 144 valence electrons. The Morgan fingerprint density at radius 3 is 2.39 bits per heavy atom. The third-order valence-electron chi connectivity index (χ3n) is 4.04. The number of hydrogen-bond donors (Lipinski definition) is 2. The lowest BCUT2D eigenvalue weighted by Gasteiger charge is -2.12. The number of carbonyl (C=O) groups excluding carboxylic acids is 1. The fraction of sp³-hybridized carbons (Fsp3) is 0.174. The van der Waals surface area contributed by atoms with Gasteiger partial charge in [0.1, 0.15) is 5.75 Å². The summed E-state index contributed by atoms with van der Waals surface area (Å²) in [7, 11) is 0. The zero-order valence-corrected chi connectivity index (χ0v) is 16.7. The van der Waals surface area contributed by atoms with Crippen molar-refractivity contribution in [2.75, 3.05) is 12.0 Å². The maximum atomic E-state index is 12.2. The smallest absolute Gasteiger partial charge is 0.321 e. The molecule has 0 fully saturated rings. The molecule has 0 aliphatic rings. The zero-order valence-electron chi connectivity index (χ0n) is 15.9. The molecule has 0 radical (unpaired) electrons. The van der Waals surface area contributed by atoms with Gasteiger partial charge in [-0.3, -0.25) is 0 Å². The summed E-state index contributed by atoms with van der Waals surface area (Å²) in [5.74, 6) is 0.736. The minimum Gasteiger partial charge on any atom is -0.473 e. The average molecular weight is 393 g/mol. The van der Waals surface area contributed by atoms with Crippen LogP contribution in [0.15, 0.2) is 88.7 Å². The third kappa shape index (κ3) is 6.06. The molecule has 0 saturated heterocycles. The van der Waals surface area contributed by atoms with Gasteiger partial charge in [-0.05, 0) is 48.4 Å². The standard InChI is InChI=1S/C23H24N2O2S/c1-2-8-18-13-15-19(16-14-18)27-17-24-23(26)25-21-11-6-7-12-22(21)28-20-9-4-3-5-10-20/h3-7,9-16H,2,8,17H2,1H3,(H2,24,25,26). The van der Waals surface area contributed by atoms with E-state index in [0.717, 1.165) is 34.1 Å². The minimum atomic E-state index is -0.302. The molecule has 28 heavy (non-hydrogen) atoms. The average Bonchev–Trinajstić information content (AvgIpc) is 2.72. The molecule has 2 amide bonds. The lowest BCUT2D eigenvalue weighted by molar-refractivity contribution is 0.234. The Kier molecular flexibility index (Phi) is 7.38. The number of benzene rings is 3. The molecule has 5 heteroatoms. The van der Waals surface area contributed by atoms with E-state index in [0.29, 0.717) is 0 Å². The van der Waals surface area contributed by atoms with Crippen LogP contribution in [0.5, 0.6) is 5.75 Å². The molecule has 2 N–H and O–H groups in total. The molecule has 0 spiro atoms. The number of urea groups is 1. The number of hydrogen-bond acceptors (Lipinski definition) is 3. The maximum Gasteiger partial charge on any atom is 0.321 e. The van der Waals surface area contributed by atoms with Gasteiger partial charge in [0.05, 0.1) is 5.69 Å². The monoisotopic (exact) mass is 392 g/mol. The van der Waals surface area contributed by atoms with Crippen molar-refractivity contribution in [2.45, 2.75) is 29.6 Å². The van der Waals surface area contributed by atoms with Gasteiger partial charge in [0.15, 0.2) is 6.73 Å². The van der Waals surface area contributed by atoms with E-state index in [1.54, 1.807) is 11.8 Å². The van der Waals surface area contributed by atoms with Crippen molar-refractivity contribution in [3.05, 3.63) is 84.4 Å². The van der Waals surface area contributed by atoms with Crippen LogP contribution in [0.1, 0.15) is 18.9 Å². The van der Waals surface area contributed by atoms with Crippen LogP contribution in [0, 0.1) is 0 Å². The molecule has 0 atom stereocenters. The Morgan fingerprint density at radius 2 is 1.64 bits per heavy atom. The number of aryl methyl sites for hydroxylation is 1. The summed E-state index contributed by atoms with van der Waals surface area (Å²) in [6, 6.07) is 25.5. The van der Waals surface area contributed by atoms with Crippen molar-refractivity contribution in [3.8, 4) is 5.75 Å². The Morgan fingerprint density at radius 1 is 0.929 bits per heavy atom. The first-order valence-corrected chi connectivity index (χ1v) is 10.1. The van der Waals surface area contributed by atoms with E-state index in [1.165, 1.54) is 5.56 Å². The SMILES string of the molecule is CCCc1ccc(OCNC(=O)Nc2ccccc2Sc2ccccc2)cc1. The Balaban J connectivity index is 1.51. The van der Waals surface area contributed by atoms with Crippen LogP contribution >= 0.6 is 11.8 Å². The predicted octanol–water partition coefficient (Wildman–Crippen LogP) is 5.95. The highest BCUT2D eigenvalue weighted by molar-refractivity contribution is 7.99. The van der Waals surface area contributed by atoms with Gasteiger partial charge in [-0.25, -0.2) is 4.79 Å². The van der Waals surface area contributed by atoms with Crippen molar-refractivity contribution in [3.63, 3.8) is 0 Å². The first-order valence-electron chi connectivity index (χ1n) is 9.33. The van der Waals surface area contributed by atoms with E-state index in [4.69, 9.17) is 4.74 Å². The number of ether oxygens (including phenoxy) is 1. The molecule has 4 nitrogen and oxygen atoms in total. The molecule has 0 bridgehead atoms. The van der Waals surface area contributed by atoms with E-state index < -0.39 is 0 Å². The minimum absolute atomic E-state index is 0.104. The quantitative estimate of drug-likeness (QED) is 0.466. The van der Waals surface area contributed by atoms with Crippen LogP contribution in [-0.2, 0) is 6.42 Å². The molecule has 3 aromatic rings. The molecule has 3 rings (SSSR count). The van der Waals surface area contributed by atoms with Crippen molar-refractivity contribution in [2.24, 2.45) is 0 Å². The van der Waals surface area contributed by atoms with Gasteiger partial charge in [0.2, 0.25) is 0 Å². The van der Waals surface area contributed by atoms with Gasteiger partial charge in [-0.1, -0.05) is 67.6 Å². The van der Waals surface area contributed by atoms with Crippen LogP contribution in [-0.4, -0.2) is 12.8 Å². The molecule has 0 saturated carbocycles. The normalized spacial score (nSPS) is 10.3. The van der Waals surface area contributed by atoms with E-state index >= 15 is 0 Å². The molecule has 0 aliphatic carbocycles. The van der Waals surface area contributed by atoms with Crippen molar-refractivity contribution in [1.82, 2.24) is 5.32 Å².